The molecule has 0 heterocycles. The lowest BCUT2D eigenvalue weighted by Crippen LogP contribution is -2.31. The van der Waals surface area contributed by atoms with Crippen molar-refractivity contribution in [3.63, 3.8) is 0 Å². The molecular formula is C10H12BrFN2O4S. The largest absolute Gasteiger partial charge is 0.465 e. The molecule has 9 heteroatoms. The Morgan fingerprint density at radius 1 is 1.53 bits per heavy atom. The quantitative estimate of drug-likeness (QED) is 0.607. The molecule has 0 saturated carbocycles. The fourth-order valence-corrected chi connectivity index (χ4v) is 2.93. The van der Waals surface area contributed by atoms with Crippen LogP contribution in [0.3, 0.4) is 0 Å². The lowest BCUT2D eigenvalue weighted by molar-refractivity contribution is -0.141. The number of carbonyl (C=O) groups is 1. The molecule has 0 aliphatic heterocycles. The number of anilines is 1. The number of hydrogen-bond acceptors (Lipinski definition) is 5. The Morgan fingerprint density at radius 3 is 2.74 bits per heavy atom. The van der Waals surface area contributed by atoms with Gasteiger partial charge in [-0.2, -0.15) is 4.72 Å². The van der Waals surface area contributed by atoms with E-state index in [-0.39, 0.29) is 16.8 Å². The van der Waals surface area contributed by atoms with Crippen LogP contribution in [0.2, 0.25) is 0 Å². The fourth-order valence-electron chi connectivity index (χ4n) is 1.22. The van der Waals surface area contributed by atoms with Crippen molar-refractivity contribution in [2.45, 2.75) is 11.8 Å². The van der Waals surface area contributed by atoms with Crippen LogP contribution in [0.4, 0.5) is 10.1 Å². The average molecular weight is 355 g/mol. The summed E-state index contributed by atoms with van der Waals surface area (Å²) in [5.41, 5.74) is 5.52. The smallest absolute Gasteiger partial charge is 0.321 e. The van der Waals surface area contributed by atoms with Gasteiger partial charge in [-0.3, -0.25) is 4.79 Å². The number of esters is 1. The normalized spacial score (nSPS) is 11.3. The summed E-state index contributed by atoms with van der Waals surface area (Å²) in [4.78, 5) is 10.4. The van der Waals surface area contributed by atoms with Gasteiger partial charge in [-0.1, -0.05) is 0 Å². The number of nitrogens with one attached hydrogen (secondary N) is 1. The Kier molecular flexibility index (Phi) is 5.27. The molecule has 0 bridgehead atoms. The zero-order valence-electron chi connectivity index (χ0n) is 9.94. The highest BCUT2D eigenvalue weighted by Gasteiger charge is 2.22. The van der Waals surface area contributed by atoms with Crippen molar-refractivity contribution in [2.75, 3.05) is 18.9 Å². The van der Waals surface area contributed by atoms with Crippen molar-refractivity contribution >= 4 is 37.6 Å². The molecule has 0 unspecified atom stereocenters. The van der Waals surface area contributed by atoms with Crippen molar-refractivity contribution in [3.05, 3.63) is 22.4 Å². The van der Waals surface area contributed by atoms with Gasteiger partial charge < -0.3 is 10.5 Å². The van der Waals surface area contributed by atoms with Gasteiger partial charge in [0.2, 0.25) is 10.0 Å². The summed E-state index contributed by atoms with van der Waals surface area (Å²) in [6.07, 6.45) is 0. The topological polar surface area (TPSA) is 98.5 Å². The number of hydrogen-bond donors (Lipinski definition) is 2. The minimum absolute atomic E-state index is 0.0739. The van der Waals surface area contributed by atoms with Gasteiger partial charge in [0.05, 0.1) is 11.1 Å². The maximum Gasteiger partial charge on any atom is 0.321 e. The summed E-state index contributed by atoms with van der Waals surface area (Å²) >= 11 is 2.86. The first-order valence-electron chi connectivity index (χ1n) is 5.17. The van der Waals surface area contributed by atoms with Crippen molar-refractivity contribution in [1.29, 1.82) is 0 Å². The van der Waals surface area contributed by atoms with E-state index in [0.717, 1.165) is 6.07 Å². The standard InChI is InChI=1S/C10H12BrFN2O4S/c1-2-18-9(15)5-14-19(16,17)8-4-6(13)3-7(11)10(8)12/h3-4,14H,2,5,13H2,1H3. The summed E-state index contributed by atoms with van der Waals surface area (Å²) in [6.45, 7) is 1.13. The predicted octanol–water partition coefficient (Wildman–Crippen LogP) is 1.01. The van der Waals surface area contributed by atoms with Crippen LogP contribution in [-0.4, -0.2) is 27.5 Å². The molecule has 0 amide bonds. The van der Waals surface area contributed by atoms with E-state index in [9.17, 15) is 17.6 Å². The lowest BCUT2D eigenvalue weighted by Gasteiger charge is -2.09. The molecule has 1 rings (SSSR count). The third-order valence-corrected chi connectivity index (χ3v) is 4.00. The first-order chi connectivity index (χ1) is 8.77. The molecule has 0 saturated heterocycles. The Bertz CT molecular complexity index is 591. The van der Waals surface area contributed by atoms with Crippen LogP contribution in [0.25, 0.3) is 0 Å². The van der Waals surface area contributed by atoms with E-state index >= 15 is 0 Å². The van der Waals surface area contributed by atoms with Crippen LogP contribution in [0.5, 0.6) is 0 Å². The molecule has 0 radical (unpaired) electrons. The molecule has 3 N–H and O–H groups in total. The molecule has 0 fully saturated rings. The molecule has 6 nitrogen and oxygen atoms in total. The SMILES string of the molecule is CCOC(=O)CNS(=O)(=O)c1cc(N)cc(Br)c1F. The Hall–Kier alpha value is -1.19. The van der Waals surface area contributed by atoms with Crippen LogP contribution in [0.1, 0.15) is 6.92 Å². The zero-order valence-corrected chi connectivity index (χ0v) is 12.3. The number of nitrogen functional groups attached to an aromatic ring is 1. The van der Waals surface area contributed by atoms with Crippen LogP contribution in [-0.2, 0) is 19.6 Å². The Morgan fingerprint density at radius 2 is 2.16 bits per heavy atom. The molecule has 106 valence electrons. The molecule has 1 aromatic carbocycles. The molecule has 1 aromatic rings. The summed E-state index contributed by atoms with van der Waals surface area (Å²) in [7, 11) is -4.19. The van der Waals surface area contributed by atoms with Gasteiger partial charge in [-0.05, 0) is 35.0 Å². The average Bonchev–Trinajstić information content (AvgIpc) is 2.31. The van der Waals surface area contributed by atoms with E-state index in [2.05, 4.69) is 20.7 Å². The lowest BCUT2D eigenvalue weighted by atomic mass is 10.3. The first kappa shape index (κ1) is 15.9. The van der Waals surface area contributed by atoms with Gasteiger partial charge in [-0.15, -0.1) is 0 Å². The second kappa shape index (κ2) is 6.31. The van der Waals surface area contributed by atoms with E-state index in [1.165, 1.54) is 6.07 Å². The Balaban J connectivity index is 2.98. The van der Waals surface area contributed by atoms with Crippen LogP contribution in [0, 0.1) is 5.82 Å². The third-order valence-electron chi connectivity index (χ3n) is 2.02. The number of carbonyl (C=O) groups excluding carboxylic acids is 1. The minimum Gasteiger partial charge on any atom is -0.465 e. The van der Waals surface area contributed by atoms with Gasteiger partial charge in [0.1, 0.15) is 11.4 Å². The molecule has 0 atom stereocenters. The highest BCUT2D eigenvalue weighted by Crippen LogP contribution is 2.25. The predicted molar refractivity (Wildman–Crippen MR) is 70.3 cm³/mol. The molecule has 0 aliphatic rings. The summed E-state index contributed by atoms with van der Waals surface area (Å²) in [6, 6.07) is 2.20. The van der Waals surface area contributed by atoms with Gasteiger partial charge in [0.25, 0.3) is 0 Å². The number of ether oxygens (including phenoxy) is 1. The fraction of sp³-hybridized carbons (Fsp3) is 0.300. The van der Waals surface area contributed by atoms with Crippen LogP contribution >= 0.6 is 15.9 Å². The van der Waals surface area contributed by atoms with Gasteiger partial charge in [0, 0.05) is 5.69 Å². The van der Waals surface area contributed by atoms with Crippen molar-refractivity contribution in [3.8, 4) is 0 Å². The van der Waals surface area contributed by atoms with E-state index < -0.39 is 33.3 Å². The second-order valence-electron chi connectivity index (χ2n) is 3.44. The van der Waals surface area contributed by atoms with Gasteiger partial charge >= 0.3 is 5.97 Å². The number of rotatable bonds is 5. The van der Waals surface area contributed by atoms with Crippen molar-refractivity contribution in [2.24, 2.45) is 0 Å². The zero-order chi connectivity index (χ0) is 14.6. The molecule has 0 aliphatic carbocycles. The summed E-state index contributed by atoms with van der Waals surface area (Å²) < 4.78 is 43.8. The highest BCUT2D eigenvalue weighted by atomic mass is 79.9. The number of benzene rings is 1. The maximum absolute atomic E-state index is 13.7. The van der Waals surface area contributed by atoms with Crippen molar-refractivity contribution < 1.29 is 22.3 Å². The minimum atomic E-state index is -4.19. The number of halogens is 2. The van der Waals surface area contributed by atoms with Crippen LogP contribution < -0.4 is 10.5 Å². The summed E-state index contributed by atoms with van der Waals surface area (Å²) in [5.74, 6) is -1.74. The first-order valence-corrected chi connectivity index (χ1v) is 7.45. The Labute approximate surface area is 118 Å². The molecule has 19 heavy (non-hydrogen) atoms. The number of nitrogens with two attached hydrogens (primary N) is 1. The number of sulfonamides is 1. The maximum atomic E-state index is 13.7. The second-order valence-corrected chi connectivity index (χ2v) is 6.03. The van der Waals surface area contributed by atoms with E-state index in [1.807, 2.05) is 4.72 Å². The molecular weight excluding hydrogens is 343 g/mol. The van der Waals surface area contributed by atoms with Gasteiger partial charge in [0.15, 0.2) is 5.82 Å². The highest BCUT2D eigenvalue weighted by molar-refractivity contribution is 9.10. The monoisotopic (exact) mass is 354 g/mol. The molecule has 0 aromatic heterocycles. The molecule has 0 spiro atoms. The summed E-state index contributed by atoms with van der Waals surface area (Å²) in [5, 5.41) is 0. The van der Waals surface area contributed by atoms with E-state index in [1.54, 1.807) is 6.92 Å². The van der Waals surface area contributed by atoms with Crippen molar-refractivity contribution in [1.82, 2.24) is 4.72 Å². The van der Waals surface area contributed by atoms with Crippen LogP contribution in [0.15, 0.2) is 21.5 Å². The van der Waals surface area contributed by atoms with E-state index in [0.29, 0.717) is 0 Å². The van der Waals surface area contributed by atoms with Gasteiger partial charge in [-0.25, -0.2) is 12.8 Å². The third kappa shape index (κ3) is 4.15. The van der Waals surface area contributed by atoms with E-state index in [4.69, 9.17) is 5.73 Å².